The number of rotatable bonds is 5. The van der Waals surface area contributed by atoms with Crippen LogP contribution in [0.1, 0.15) is 32.0 Å². The fraction of sp³-hybridized carbons (Fsp3) is 0.421. The molecule has 5 nitrogen and oxygen atoms in total. The van der Waals surface area contributed by atoms with Gasteiger partial charge in [0.2, 0.25) is 0 Å². The summed E-state index contributed by atoms with van der Waals surface area (Å²) in [7, 11) is 0. The molecule has 1 aliphatic heterocycles. The lowest BCUT2D eigenvalue weighted by Crippen LogP contribution is -2.32. The molecule has 26 heavy (non-hydrogen) atoms. The van der Waals surface area contributed by atoms with E-state index in [1.54, 1.807) is 37.1 Å². The van der Waals surface area contributed by atoms with Crippen LogP contribution < -0.4 is 5.56 Å². The second-order valence-corrected chi connectivity index (χ2v) is 9.27. The van der Waals surface area contributed by atoms with Gasteiger partial charge in [0.1, 0.15) is 4.75 Å². The summed E-state index contributed by atoms with van der Waals surface area (Å²) in [5.41, 5.74) is 2.63. The Bertz CT molecular complexity index is 889. The highest BCUT2D eigenvalue weighted by Crippen LogP contribution is 2.36. The summed E-state index contributed by atoms with van der Waals surface area (Å²) in [5, 5.41) is 0.526. The molecule has 1 aliphatic rings. The number of hydrogen-bond donors (Lipinski definition) is 0. The van der Waals surface area contributed by atoms with E-state index in [2.05, 4.69) is 0 Å². The monoisotopic (exact) mass is 390 g/mol. The number of fused-ring (bicyclic) bond motifs is 1. The Morgan fingerprint density at radius 2 is 2.04 bits per heavy atom. The number of aromatic nitrogens is 2. The zero-order valence-corrected chi connectivity index (χ0v) is 17.0. The predicted molar refractivity (Wildman–Crippen MR) is 106 cm³/mol. The van der Waals surface area contributed by atoms with Crippen molar-refractivity contribution in [3.8, 4) is 5.69 Å². The maximum Gasteiger partial charge on any atom is 0.322 e. The number of ether oxygens (including phenoxy) is 1. The Morgan fingerprint density at radius 1 is 1.35 bits per heavy atom. The average Bonchev–Trinajstić information content (AvgIpc) is 3.05. The van der Waals surface area contributed by atoms with Crippen molar-refractivity contribution in [2.24, 2.45) is 0 Å². The molecule has 0 radical (unpaired) electrons. The van der Waals surface area contributed by atoms with Crippen LogP contribution in [0.15, 0.2) is 39.1 Å². The van der Waals surface area contributed by atoms with Crippen molar-refractivity contribution >= 4 is 29.5 Å². The van der Waals surface area contributed by atoms with Crippen LogP contribution in [0, 0.1) is 6.92 Å². The van der Waals surface area contributed by atoms with Crippen molar-refractivity contribution < 1.29 is 9.53 Å². The number of thioether (sulfide) groups is 2. The predicted octanol–water partition coefficient (Wildman–Crippen LogP) is 3.62. The lowest BCUT2D eigenvalue weighted by atomic mass is 10.2. The minimum absolute atomic E-state index is 0.0662. The van der Waals surface area contributed by atoms with Crippen molar-refractivity contribution in [3.63, 3.8) is 0 Å². The second-order valence-electron chi connectivity index (χ2n) is 6.58. The Balaban J connectivity index is 2.12. The molecule has 0 saturated heterocycles. The first-order valence-corrected chi connectivity index (χ1v) is 10.4. The van der Waals surface area contributed by atoms with E-state index in [-0.39, 0.29) is 11.5 Å². The summed E-state index contributed by atoms with van der Waals surface area (Å²) in [6.07, 6.45) is 0.775. The van der Waals surface area contributed by atoms with Crippen LogP contribution >= 0.6 is 23.5 Å². The van der Waals surface area contributed by atoms with Crippen molar-refractivity contribution in [2.75, 3.05) is 12.4 Å². The normalized spacial score (nSPS) is 13.5. The highest BCUT2D eigenvalue weighted by Gasteiger charge is 2.34. The Morgan fingerprint density at radius 3 is 2.69 bits per heavy atom. The molecule has 0 bridgehead atoms. The molecule has 3 rings (SSSR count). The number of carbonyl (C=O) groups excluding carboxylic acids is 1. The molecule has 2 heterocycles. The third kappa shape index (κ3) is 3.69. The summed E-state index contributed by atoms with van der Waals surface area (Å²) < 4.78 is 5.95. The fourth-order valence-corrected chi connectivity index (χ4v) is 4.72. The average molecular weight is 391 g/mol. The second kappa shape index (κ2) is 7.48. The number of aryl methyl sites for hydroxylation is 2. The molecule has 0 fully saturated rings. The summed E-state index contributed by atoms with van der Waals surface area (Å²) >= 11 is 2.82. The first kappa shape index (κ1) is 19.0. The minimum Gasteiger partial charge on any atom is -0.465 e. The van der Waals surface area contributed by atoms with Gasteiger partial charge in [-0.15, -0.1) is 11.8 Å². The van der Waals surface area contributed by atoms with Gasteiger partial charge >= 0.3 is 5.97 Å². The first-order chi connectivity index (χ1) is 12.3. The molecule has 0 saturated carbocycles. The van der Waals surface area contributed by atoms with E-state index in [1.165, 1.54) is 11.8 Å². The SMILES string of the molecule is CCOC(=O)C(C)(C)Sc1nc2c(c(=O)n1-c1ccc(C)cc1)SCC2. The zero-order valence-electron chi connectivity index (χ0n) is 15.4. The van der Waals surface area contributed by atoms with Crippen molar-refractivity contribution in [1.29, 1.82) is 0 Å². The van der Waals surface area contributed by atoms with Crippen molar-refractivity contribution in [3.05, 3.63) is 45.9 Å². The summed E-state index contributed by atoms with van der Waals surface area (Å²) in [5.74, 6) is 0.547. The van der Waals surface area contributed by atoms with Gasteiger partial charge in [-0.25, -0.2) is 4.98 Å². The molecule has 0 atom stereocenters. The molecule has 2 aromatic rings. The highest BCUT2D eigenvalue weighted by molar-refractivity contribution is 8.01. The van der Waals surface area contributed by atoms with Gasteiger partial charge in [0.25, 0.3) is 5.56 Å². The van der Waals surface area contributed by atoms with E-state index in [1.807, 2.05) is 31.2 Å². The van der Waals surface area contributed by atoms with E-state index in [0.717, 1.165) is 29.1 Å². The first-order valence-electron chi connectivity index (χ1n) is 8.55. The van der Waals surface area contributed by atoms with Gasteiger partial charge in [-0.1, -0.05) is 29.5 Å². The van der Waals surface area contributed by atoms with Crippen LogP contribution in [-0.2, 0) is 16.0 Å². The molecule has 0 spiro atoms. The van der Waals surface area contributed by atoms with E-state index >= 15 is 0 Å². The maximum absolute atomic E-state index is 13.1. The third-order valence-electron chi connectivity index (χ3n) is 4.07. The molecular formula is C19H22N2O3S2. The zero-order chi connectivity index (χ0) is 18.9. The third-order valence-corrected chi connectivity index (χ3v) is 6.31. The molecular weight excluding hydrogens is 368 g/mol. The van der Waals surface area contributed by atoms with Crippen molar-refractivity contribution in [1.82, 2.24) is 9.55 Å². The summed E-state index contributed by atoms with van der Waals surface area (Å²) in [4.78, 5) is 30.9. The molecule has 138 valence electrons. The fourth-order valence-electron chi connectivity index (χ4n) is 2.66. The molecule has 0 aliphatic carbocycles. The largest absolute Gasteiger partial charge is 0.465 e. The summed E-state index contributed by atoms with van der Waals surface area (Å²) in [6.45, 7) is 7.70. The Hall–Kier alpha value is -1.73. The van der Waals surface area contributed by atoms with E-state index in [4.69, 9.17) is 9.72 Å². The van der Waals surface area contributed by atoms with Crippen molar-refractivity contribution in [2.45, 2.75) is 48.9 Å². The van der Waals surface area contributed by atoms with E-state index in [9.17, 15) is 9.59 Å². The lowest BCUT2D eigenvalue weighted by Gasteiger charge is -2.23. The number of benzene rings is 1. The minimum atomic E-state index is -0.845. The molecule has 7 heteroatoms. The maximum atomic E-state index is 13.1. The Kier molecular flexibility index (Phi) is 5.48. The number of hydrogen-bond acceptors (Lipinski definition) is 6. The molecule has 0 amide bonds. The van der Waals surface area contributed by atoms with Gasteiger partial charge in [0, 0.05) is 12.2 Å². The van der Waals surface area contributed by atoms with Crippen LogP contribution in [0.25, 0.3) is 5.69 Å². The molecule has 1 aromatic carbocycles. The highest BCUT2D eigenvalue weighted by atomic mass is 32.2. The van der Waals surface area contributed by atoms with E-state index in [0.29, 0.717) is 16.7 Å². The van der Waals surface area contributed by atoms with Gasteiger partial charge < -0.3 is 4.74 Å². The number of nitrogens with zero attached hydrogens (tertiary/aromatic N) is 2. The van der Waals surface area contributed by atoms with Gasteiger partial charge in [0.05, 0.1) is 22.9 Å². The molecule has 0 unspecified atom stereocenters. The molecule has 1 aromatic heterocycles. The topological polar surface area (TPSA) is 61.2 Å². The Labute approximate surface area is 161 Å². The van der Waals surface area contributed by atoms with Gasteiger partial charge in [0.15, 0.2) is 5.16 Å². The number of carbonyl (C=O) groups is 1. The van der Waals surface area contributed by atoms with Gasteiger partial charge in [-0.05, 0) is 39.8 Å². The van der Waals surface area contributed by atoms with E-state index < -0.39 is 4.75 Å². The quantitative estimate of drug-likeness (QED) is 0.441. The van der Waals surface area contributed by atoms with Gasteiger partial charge in [-0.3, -0.25) is 14.2 Å². The van der Waals surface area contributed by atoms with Crippen LogP contribution in [0.2, 0.25) is 0 Å². The summed E-state index contributed by atoms with van der Waals surface area (Å²) in [6, 6.07) is 7.75. The smallest absolute Gasteiger partial charge is 0.322 e. The van der Waals surface area contributed by atoms with Crippen LogP contribution in [0.4, 0.5) is 0 Å². The number of esters is 1. The van der Waals surface area contributed by atoms with Gasteiger partial charge in [-0.2, -0.15) is 0 Å². The molecule has 0 N–H and O–H groups in total. The standard InChI is InChI=1S/C19H22N2O3S2/c1-5-24-17(23)19(3,4)26-18-20-14-10-11-25-15(14)16(22)21(18)13-8-6-12(2)7-9-13/h6-9H,5,10-11H2,1-4H3. The van der Waals surface area contributed by atoms with Crippen LogP contribution in [0.5, 0.6) is 0 Å². The van der Waals surface area contributed by atoms with Crippen LogP contribution in [-0.4, -0.2) is 32.6 Å². The lowest BCUT2D eigenvalue weighted by molar-refractivity contribution is -0.145. The van der Waals surface area contributed by atoms with Crippen LogP contribution in [0.3, 0.4) is 0 Å².